The van der Waals surface area contributed by atoms with Gasteiger partial charge >= 0.3 is 0 Å². The zero-order valence-electron chi connectivity index (χ0n) is 15.3. The van der Waals surface area contributed by atoms with E-state index in [-0.39, 0.29) is 5.91 Å². The summed E-state index contributed by atoms with van der Waals surface area (Å²) in [5.74, 6) is -1.43. The molecule has 0 spiro atoms. The van der Waals surface area contributed by atoms with Crippen molar-refractivity contribution in [2.24, 2.45) is 0 Å². The van der Waals surface area contributed by atoms with Gasteiger partial charge in [-0.15, -0.1) is 0 Å². The third-order valence-corrected chi connectivity index (χ3v) is 4.95. The van der Waals surface area contributed by atoms with Crippen molar-refractivity contribution < 1.29 is 13.6 Å². The van der Waals surface area contributed by atoms with Crippen molar-refractivity contribution in [3.05, 3.63) is 65.5 Å². The van der Waals surface area contributed by atoms with Gasteiger partial charge in [-0.1, -0.05) is 12.1 Å². The highest BCUT2D eigenvalue weighted by atomic mass is 19.2. The predicted molar refractivity (Wildman–Crippen MR) is 103 cm³/mol. The van der Waals surface area contributed by atoms with Crippen LogP contribution in [0.5, 0.6) is 0 Å². The Morgan fingerprint density at radius 1 is 1.04 bits per heavy atom. The second-order valence-electron chi connectivity index (χ2n) is 6.91. The van der Waals surface area contributed by atoms with Gasteiger partial charge in [0, 0.05) is 36.7 Å². The van der Waals surface area contributed by atoms with E-state index in [4.69, 9.17) is 0 Å². The number of fused-ring (bicyclic) bond motifs is 1. The molecule has 7 heteroatoms. The minimum absolute atomic E-state index is 0.0478. The number of anilines is 1. The zero-order chi connectivity index (χ0) is 19.5. The van der Waals surface area contributed by atoms with Gasteiger partial charge < -0.3 is 10.2 Å². The first-order valence-corrected chi connectivity index (χ1v) is 9.33. The van der Waals surface area contributed by atoms with Gasteiger partial charge in [0.2, 0.25) is 0 Å². The largest absolute Gasteiger partial charge is 0.365 e. The van der Waals surface area contributed by atoms with Crippen LogP contribution >= 0.6 is 0 Å². The van der Waals surface area contributed by atoms with Crippen LogP contribution in [0.4, 0.5) is 14.6 Å². The van der Waals surface area contributed by atoms with Gasteiger partial charge in [0.25, 0.3) is 5.91 Å². The summed E-state index contributed by atoms with van der Waals surface area (Å²) in [5.41, 5.74) is 1.88. The van der Waals surface area contributed by atoms with E-state index in [1.807, 2.05) is 29.2 Å². The van der Waals surface area contributed by atoms with Crippen LogP contribution in [0.3, 0.4) is 0 Å². The Morgan fingerprint density at radius 3 is 2.64 bits per heavy atom. The number of benzene rings is 2. The maximum absolute atomic E-state index is 13.6. The maximum Gasteiger partial charge on any atom is 0.253 e. The number of hydrogen-bond acceptors (Lipinski definition) is 4. The van der Waals surface area contributed by atoms with Crippen molar-refractivity contribution in [1.82, 2.24) is 14.9 Å². The summed E-state index contributed by atoms with van der Waals surface area (Å²) in [7, 11) is 0. The summed E-state index contributed by atoms with van der Waals surface area (Å²) in [4.78, 5) is 22.7. The molecule has 0 radical (unpaired) electrons. The Kier molecular flexibility index (Phi) is 5.14. The van der Waals surface area contributed by atoms with Crippen molar-refractivity contribution in [3.63, 3.8) is 0 Å². The molecule has 0 aliphatic carbocycles. The molecule has 4 rings (SSSR count). The van der Waals surface area contributed by atoms with Gasteiger partial charge in [-0.05, 0) is 43.0 Å². The quantitative estimate of drug-likeness (QED) is 0.737. The SMILES string of the molecule is O=C(c1cccc(CNc2ncnc3cc(F)c(F)cc23)c1)N1CCCCC1. The first-order chi connectivity index (χ1) is 13.6. The van der Waals surface area contributed by atoms with Crippen LogP contribution in [-0.4, -0.2) is 33.9 Å². The number of rotatable bonds is 4. The summed E-state index contributed by atoms with van der Waals surface area (Å²) >= 11 is 0. The van der Waals surface area contributed by atoms with Crippen LogP contribution in [0.1, 0.15) is 35.2 Å². The van der Waals surface area contributed by atoms with E-state index < -0.39 is 11.6 Å². The summed E-state index contributed by atoms with van der Waals surface area (Å²) in [6.45, 7) is 2.00. The van der Waals surface area contributed by atoms with Crippen molar-refractivity contribution >= 4 is 22.6 Å². The monoisotopic (exact) mass is 382 g/mol. The Bertz CT molecular complexity index is 1020. The molecule has 2 aromatic carbocycles. The van der Waals surface area contributed by atoms with E-state index >= 15 is 0 Å². The van der Waals surface area contributed by atoms with Crippen molar-refractivity contribution in [2.45, 2.75) is 25.8 Å². The molecule has 1 aliphatic heterocycles. The Morgan fingerprint density at radius 2 is 1.82 bits per heavy atom. The van der Waals surface area contributed by atoms with E-state index in [9.17, 15) is 13.6 Å². The minimum atomic E-state index is -0.945. The first-order valence-electron chi connectivity index (χ1n) is 9.33. The Balaban J connectivity index is 1.52. The Hall–Kier alpha value is -3.09. The number of nitrogens with zero attached hydrogens (tertiary/aromatic N) is 3. The number of halogens is 2. The number of nitrogens with one attached hydrogen (secondary N) is 1. The molecule has 1 N–H and O–H groups in total. The highest BCUT2D eigenvalue weighted by molar-refractivity contribution is 5.94. The van der Waals surface area contributed by atoms with Crippen molar-refractivity contribution in [3.8, 4) is 0 Å². The predicted octanol–water partition coefficient (Wildman–Crippen LogP) is 4.15. The molecule has 0 unspecified atom stereocenters. The third-order valence-electron chi connectivity index (χ3n) is 4.95. The van der Waals surface area contributed by atoms with E-state index in [1.165, 1.54) is 12.7 Å². The fourth-order valence-electron chi connectivity index (χ4n) is 3.47. The second kappa shape index (κ2) is 7.88. The number of aromatic nitrogens is 2. The molecule has 144 valence electrons. The number of likely N-dealkylation sites (tertiary alicyclic amines) is 1. The molecule has 5 nitrogen and oxygen atoms in total. The normalized spacial score (nSPS) is 14.3. The van der Waals surface area contributed by atoms with Crippen LogP contribution in [0.25, 0.3) is 10.9 Å². The van der Waals surface area contributed by atoms with Crippen LogP contribution in [0, 0.1) is 11.6 Å². The lowest BCUT2D eigenvalue weighted by molar-refractivity contribution is 0.0724. The lowest BCUT2D eigenvalue weighted by Crippen LogP contribution is -2.35. The molecule has 28 heavy (non-hydrogen) atoms. The van der Waals surface area contributed by atoms with Gasteiger partial charge in [-0.25, -0.2) is 18.7 Å². The zero-order valence-corrected chi connectivity index (χ0v) is 15.3. The molecule has 0 bridgehead atoms. The van der Waals surface area contributed by atoms with Crippen LogP contribution in [0.15, 0.2) is 42.7 Å². The van der Waals surface area contributed by atoms with Crippen LogP contribution in [0.2, 0.25) is 0 Å². The molecule has 0 atom stereocenters. The molecule has 1 aliphatic rings. The summed E-state index contributed by atoms with van der Waals surface area (Å²) in [5, 5.41) is 3.54. The highest BCUT2D eigenvalue weighted by Crippen LogP contribution is 2.23. The van der Waals surface area contributed by atoms with Crippen LogP contribution in [-0.2, 0) is 6.54 Å². The molecule has 1 amide bonds. The van der Waals surface area contributed by atoms with E-state index in [1.54, 1.807) is 0 Å². The number of carbonyl (C=O) groups excluding carboxylic acids is 1. The average Bonchev–Trinajstić information content (AvgIpc) is 2.73. The van der Waals surface area contributed by atoms with Gasteiger partial charge in [-0.3, -0.25) is 4.79 Å². The first kappa shape index (κ1) is 18.3. The molecular formula is C21H20F2N4O. The molecule has 1 fully saturated rings. The van der Waals surface area contributed by atoms with E-state index in [0.29, 0.717) is 28.8 Å². The smallest absolute Gasteiger partial charge is 0.253 e. The van der Waals surface area contributed by atoms with Crippen molar-refractivity contribution in [2.75, 3.05) is 18.4 Å². The van der Waals surface area contributed by atoms with Crippen molar-refractivity contribution in [1.29, 1.82) is 0 Å². The second-order valence-corrected chi connectivity index (χ2v) is 6.91. The van der Waals surface area contributed by atoms with E-state index in [2.05, 4.69) is 15.3 Å². The summed E-state index contributed by atoms with van der Waals surface area (Å²) in [6.07, 6.45) is 4.57. The number of piperidine rings is 1. The standard InChI is InChI=1S/C21H20F2N4O/c22-17-10-16-19(11-18(17)23)25-13-26-20(16)24-12-14-5-4-6-15(9-14)21(28)27-7-2-1-3-8-27/h4-6,9-11,13H,1-3,7-8,12H2,(H,24,25,26). The molecule has 2 heterocycles. The lowest BCUT2D eigenvalue weighted by Gasteiger charge is -2.26. The highest BCUT2D eigenvalue weighted by Gasteiger charge is 2.18. The van der Waals surface area contributed by atoms with Gasteiger partial charge in [0.15, 0.2) is 11.6 Å². The fourth-order valence-corrected chi connectivity index (χ4v) is 3.47. The fraction of sp³-hybridized carbons (Fsp3) is 0.286. The van der Waals surface area contributed by atoms with Crippen LogP contribution < -0.4 is 5.32 Å². The number of amides is 1. The number of hydrogen-bond donors (Lipinski definition) is 1. The van der Waals surface area contributed by atoms with E-state index in [0.717, 1.165) is 43.6 Å². The van der Waals surface area contributed by atoms with Gasteiger partial charge in [0.1, 0.15) is 12.1 Å². The topological polar surface area (TPSA) is 58.1 Å². The molecule has 1 aromatic heterocycles. The third kappa shape index (κ3) is 3.78. The average molecular weight is 382 g/mol. The molecule has 0 saturated carbocycles. The lowest BCUT2D eigenvalue weighted by atomic mass is 10.1. The molecule has 3 aromatic rings. The minimum Gasteiger partial charge on any atom is -0.365 e. The number of carbonyl (C=O) groups is 1. The Labute approximate surface area is 161 Å². The molecular weight excluding hydrogens is 362 g/mol. The van der Waals surface area contributed by atoms with Gasteiger partial charge in [-0.2, -0.15) is 0 Å². The summed E-state index contributed by atoms with van der Waals surface area (Å²) < 4.78 is 27.0. The molecule has 1 saturated heterocycles. The summed E-state index contributed by atoms with van der Waals surface area (Å²) in [6, 6.07) is 9.57. The maximum atomic E-state index is 13.6. The van der Waals surface area contributed by atoms with Gasteiger partial charge in [0.05, 0.1) is 5.52 Å².